The molecular formula is C26H31NO4S. The lowest BCUT2D eigenvalue weighted by molar-refractivity contribution is -0.146. The number of sulfonamides is 1. The Morgan fingerprint density at radius 3 is 2.47 bits per heavy atom. The molecule has 1 aliphatic heterocycles. The number of carbonyl (C=O) groups excluding carboxylic acids is 1. The van der Waals surface area contributed by atoms with Gasteiger partial charge in [-0.3, -0.25) is 4.79 Å². The van der Waals surface area contributed by atoms with Gasteiger partial charge >= 0.3 is 5.97 Å². The van der Waals surface area contributed by atoms with E-state index in [1.807, 2.05) is 44.2 Å². The van der Waals surface area contributed by atoms with E-state index in [1.54, 1.807) is 30.3 Å². The molecule has 3 rings (SSSR count). The van der Waals surface area contributed by atoms with Crippen molar-refractivity contribution in [1.29, 1.82) is 0 Å². The van der Waals surface area contributed by atoms with Crippen molar-refractivity contribution in [2.24, 2.45) is 17.3 Å². The Hall–Kier alpha value is -2.70. The first kappa shape index (κ1) is 24.0. The molecule has 0 aromatic heterocycles. The van der Waals surface area contributed by atoms with Gasteiger partial charge in [-0.15, -0.1) is 6.58 Å². The minimum Gasteiger partial charge on any atom is -0.469 e. The van der Waals surface area contributed by atoms with Crippen LogP contribution in [0, 0.1) is 24.2 Å². The predicted molar refractivity (Wildman–Crippen MR) is 127 cm³/mol. The Labute approximate surface area is 191 Å². The molecule has 1 saturated heterocycles. The number of hydrogen-bond acceptors (Lipinski definition) is 4. The molecule has 5 nitrogen and oxygen atoms in total. The normalized spacial score (nSPS) is 22.7. The summed E-state index contributed by atoms with van der Waals surface area (Å²) in [6, 6.07) is 16.9. The Kier molecular flexibility index (Phi) is 7.36. The third-order valence-corrected chi connectivity index (χ3v) is 8.10. The number of allylic oxidation sites excluding steroid dienone is 1. The Balaban J connectivity index is 1.93. The molecule has 0 amide bonds. The highest BCUT2D eigenvalue weighted by Gasteiger charge is 2.50. The highest BCUT2D eigenvalue weighted by molar-refractivity contribution is 7.89. The van der Waals surface area contributed by atoms with Crippen molar-refractivity contribution in [2.45, 2.75) is 25.2 Å². The van der Waals surface area contributed by atoms with Crippen molar-refractivity contribution in [3.05, 3.63) is 90.5 Å². The topological polar surface area (TPSA) is 63.7 Å². The molecule has 2 aromatic carbocycles. The molecule has 0 saturated carbocycles. The van der Waals surface area contributed by atoms with Crippen LogP contribution in [0.3, 0.4) is 0 Å². The molecule has 1 heterocycles. The fourth-order valence-corrected chi connectivity index (χ4v) is 5.95. The average Bonchev–Trinajstić information content (AvgIpc) is 3.13. The van der Waals surface area contributed by atoms with Gasteiger partial charge in [0.05, 0.1) is 17.9 Å². The van der Waals surface area contributed by atoms with E-state index in [0.29, 0.717) is 0 Å². The molecular weight excluding hydrogens is 422 g/mol. The maximum Gasteiger partial charge on any atom is 0.312 e. The number of ether oxygens (including phenoxy) is 1. The third-order valence-electron chi connectivity index (χ3n) is 6.28. The van der Waals surface area contributed by atoms with Gasteiger partial charge in [0, 0.05) is 18.5 Å². The summed E-state index contributed by atoms with van der Waals surface area (Å²) in [6.45, 7) is 8.25. The second kappa shape index (κ2) is 9.84. The standard InChI is InChI=1S/C26H31NO4S/c1-5-23(25(28)31-4)24-18-27(32(29,30)22-15-13-20(2)14-16-22)19-26(24,3)17-9-12-21-10-7-6-8-11-21/h5-11,13-17,23-24H,1,12,18-19H2,2-4H3/b17-9+/t23-,24+,26-/m0/s1. The van der Waals surface area contributed by atoms with Crippen molar-refractivity contribution in [3.8, 4) is 0 Å². The number of nitrogens with zero attached hydrogens (tertiary/aromatic N) is 1. The number of methoxy groups -OCH3 is 1. The van der Waals surface area contributed by atoms with Gasteiger partial charge < -0.3 is 4.74 Å². The summed E-state index contributed by atoms with van der Waals surface area (Å²) in [5.41, 5.74) is 1.60. The van der Waals surface area contributed by atoms with Crippen LogP contribution in [-0.4, -0.2) is 38.9 Å². The first-order chi connectivity index (χ1) is 15.2. The van der Waals surface area contributed by atoms with Gasteiger partial charge in [-0.1, -0.05) is 73.2 Å². The van der Waals surface area contributed by atoms with Gasteiger partial charge in [0.1, 0.15) is 0 Å². The second-order valence-electron chi connectivity index (χ2n) is 8.60. The largest absolute Gasteiger partial charge is 0.469 e. The predicted octanol–water partition coefficient (Wildman–Crippen LogP) is 4.40. The number of hydrogen-bond donors (Lipinski definition) is 0. The van der Waals surface area contributed by atoms with E-state index in [4.69, 9.17) is 4.74 Å². The molecule has 0 unspecified atom stereocenters. The highest BCUT2D eigenvalue weighted by Crippen LogP contribution is 2.44. The van der Waals surface area contributed by atoms with Crippen LogP contribution < -0.4 is 0 Å². The zero-order valence-electron chi connectivity index (χ0n) is 18.9. The fraction of sp³-hybridized carbons (Fsp3) is 0.346. The quantitative estimate of drug-likeness (QED) is 0.439. The van der Waals surface area contributed by atoms with Gasteiger partial charge in [-0.05, 0) is 37.0 Å². The SMILES string of the molecule is C=C[C@H](C(=O)OC)[C@H]1CN(S(=O)(=O)c2ccc(C)cc2)C[C@]1(C)/C=C/Cc1ccccc1. The molecule has 32 heavy (non-hydrogen) atoms. The summed E-state index contributed by atoms with van der Waals surface area (Å²) in [5, 5.41) is 0. The van der Waals surface area contributed by atoms with E-state index in [9.17, 15) is 13.2 Å². The van der Waals surface area contributed by atoms with Crippen LogP contribution in [0.25, 0.3) is 0 Å². The van der Waals surface area contributed by atoms with E-state index < -0.39 is 27.3 Å². The summed E-state index contributed by atoms with van der Waals surface area (Å²) in [5.74, 6) is -1.30. The maximum absolute atomic E-state index is 13.4. The molecule has 2 aromatic rings. The zero-order chi connectivity index (χ0) is 23.4. The molecule has 0 aliphatic carbocycles. The van der Waals surface area contributed by atoms with Crippen molar-refractivity contribution < 1.29 is 17.9 Å². The van der Waals surface area contributed by atoms with E-state index in [1.165, 1.54) is 17.0 Å². The molecule has 6 heteroatoms. The number of rotatable bonds is 8. The van der Waals surface area contributed by atoms with Crippen LogP contribution in [-0.2, 0) is 26.0 Å². The average molecular weight is 454 g/mol. The number of aryl methyl sites for hydroxylation is 1. The lowest BCUT2D eigenvalue weighted by atomic mass is 9.72. The monoisotopic (exact) mass is 453 g/mol. The van der Waals surface area contributed by atoms with E-state index in [-0.39, 0.29) is 23.9 Å². The number of esters is 1. The zero-order valence-corrected chi connectivity index (χ0v) is 19.7. The van der Waals surface area contributed by atoms with Crippen LogP contribution >= 0.6 is 0 Å². The van der Waals surface area contributed by atoms with Crippen molar-refractivity contribution in [1.82, 2.24) is 4.31 Å². The molecule has 0 N–H and O–H groups in total. The molecule has 1 fully saturated rings. The minimum atomic E-state index is -3.70. The lowest BCUT2D eigenvalue weighted by Crippen LogP contribution is -2.34. The first-order valence-corrected chi connectivity index (χ1v) is 12.1. The van der Waals surface area contributed by atoms with E-state index >= 15 is 0 Å². The van der Waals surface area contributed by atoms with Crippen LogP contribution in [0.15, 0.2) is 84.3 Å². The Morgan fingerprint density at radius 2 is 1.88 bits per heavy atom. The van der Waals surface area contributed by atoms with Crippen LogP contribution in [0.4, 0.5) is 0 Å². The molecule has 0 radical (unpaired) electrons. The first-order valence-electron chi connectivity index (χ1n) is 10.7. The van der Waals surface area contributed by atoms with Gasteiger partial charge in [0.2, 0.25) is 10.0 Å². The summed E-state index contributed by atoms with van der Waals surface area (Å²) >= 11 is 0. The molecule has 170 valence electrons. The maximum atomic E-state index is 13.4. The summed E-state index contributed by atoms with van der Waals surface area (Å²) in [6.07, 6.45) is 6.41. The number of carbonyl (C=O) groups is 1. The van der Waals surface area contributed by atoms with Crippen LogP contribution in [0.1, 0.15) is 18.1 Å². The van der Waals surface area contributed by atoms with Gasteiger partial charge in [0.25, 0.3) is 0 Å². The summed E-state index contributed by atoms with van der Waals surface area (Å²) < 4.78 is 33.2. The minimum absolute atomic E-state index is 0.216. The van der Waals surface area contributed by atoms with Gasteiger partial charge in [0.15, 0.2) is 0 Å². The fourth-order valence-electron chi connectivity index (χ4n) is 4.37. The lowest BCUT2D eigenvalue weighted by Gasteiger charge is -2.30. The Bertz CT molecular complexity index is 1080. The molecule has 1 aliphatic rings. The summed E-state index contributed by atoms with van der Waals surface area (Å²) in [4.78, 5) is 12.7. The summed E-state index contributed by atoms with van der Waals surface area (Å²) in [7, 11) is -2.35. The van der Waals surface area contributed by atoms with Gasteiger partial charge in [-0.2, -0.15) is 4.31 Å². The third kappa shape index (κ3) is 5.03. The number of benzene rings is 2. The van der Waals surface area contributed by atoms with E-state index in [2.05, 4.69) is 18.7 Å². The molecule has 0 spiro atoms. The second-order valence-corrected chi connectivity index (χ2v) is 10.5. The van der Waals surface area contributed by atoms with Crippen LogP contribution in [0.2, 0.25) is 0 Å². The Morgan fingerprint density at radius 1 is 1.22 bits per heavy atom. The van der Waals surface area contributed by atoms with Crippen molar-refractivity contribution in [3.63, 3.8) is 0 Å². The van der Waals surface area contributed by atoms with Crippen molar-refractivity contribution >= 4 is 16.0 Å². The smallest absolute Gasteiger partial charge is 0.312 e. The van der Waals surface area contributed by atoms with E-state index in [0.717, 1.165) is 12.0 Å². The molecule has 3 atom stereocenters. The van der Waals surface area contributed by atoms with Crippen molar-refractivity contribution in [2.75, 3.05) is 20.2 Å². The van der Waals surface area contributed by atoms with Crippen LogP contribution in [0.5, 0.6) is 0 Å². The highest BCUT2D eigenvalue weighted by atomic mass is 32.2. The molecule has 0 bridgehead atoms. The van der Waals surface area contributed by atoms with Gasteiger partial charge in [-0.25, -0.2) is 8.42 Å².